The molecule has 1 aliphatic carbocycles. The highest BCUT2D eigenvalue weighted by Crippen LogP contribution is 2.49. The van der Waals surface area contributed by atoms with Gasteiger partial charge < -0.3 is 5.32 Å². The number of nitrogens with one attached hydrogen (secondary N) is 1. The summed E-state index contributed by atoms with van der Waals surface area (Å²) in [6.07, 6.45) is 4.71. The number of halogens is 2. The zero-order valence-electron chi connectivity index (χ0n) is 15.8. The topological polar surface area (TPSA) is 66.5 Å². The third-order valence-electron chi connectivity index (χ3n) is 6.65. The van der Waals surface area contributed by atoms with Gasteiger partial charge in [-0.05, 0) is 63.1 Å². The molecule has 1 N–H and O–H groups in total. The van der Waals surface area contributed by atoms with Gasteiger partial charge in [0.05, 0.1) is 5.75 Å². The van der Waals surface area contributed by atoms with Crippen molar-refractivity contribution in [2.45, 2.75) is 56.4 Å². The summed E-state index contributed by atoms with van der Waals surface area (Å²) in [5, 5.41) is 2.07. The normalized spacial score (nSPS) is 26.9. The van der Waals surface area contributed by atoms with Gasteiger partial charge in [-0.2, -0.15) is 0 Å². The summed E-state index contributed by atoms with van der Waals surface area (Å²) >= 11 is 0. The van der Waals surface area contributed by atoms with E-state index in [0.29, 0.717) is 24.9 Å². The van der Waals surface area contributed by atoms with Crippen molar-refractivity contribution in [2.24, 2.45) is 5.41 Å². The molecule has 0 radical (unpaired) electrons. The standard InChI is InChI=1S/C20H26F2N2O3S/c21-15-4-3-14(17(22)10-15)13-24-7-5-20(6-8-24)11-16(12-20)23-19(25)18-2-1-9-28(18,26)27/h3-4,10,16,18H,1-2,5-9,11-13H2,(H,23,25). The smallest absolute Gasteiger partial charge is 0.238 e. The number of nitrogens with zero attached hydrogens (tertiary/aromatic N) is 1. The molecule has 1 aromatic carbocycles. The zero-order valence-corrected chi connectivity index (χ0v) is 16.6. The van der Waals surface area contributed by atoms with E-state index in [4.69, 9.17) is 0 Å². The first-order valence-electron chi connectivity index (χ1n) is 9.95. The van der Waals surface area contributed by atoms with Crippen LogP contribution >= 0.6 is 0 Å². The van der Waals surface area contributed by atoms with Gasteiger partial charge in [-0.25, -0.2) is 17.2 Å². The van der Waals surface area contributed by atoms with Crippen molar-refractivity contribution in [1.29, 1.82) is 0 Å². The van der Waals surface area contributed by atoms with E-state index in [2.05, 4.69) is 10.2 Å². The number of carbonyl (C=O) groups is 1. The van der Waals surface area contributed by atoms with Crippen LogP contribution in [0, 0.1) is 17.0 Å². The van der Waals surface area contributed by atoms with Gasteiger partial charge in [-0.1, -0.05) is 6.07 Å². The van der Waals surface area contributed by atoms with Crippen molar-refractivity contribution in [1.82, 2.24) is 10.2 Å². The maximum Gasteiger partial charge on any atom is 0.238 e. The van der Waals surface area contributed by atoms with Crippen LogP contribution in [0.3, 0.4) is 0 Å². The fourth-order valence-electron chi connectivity index (χ4n) is 4.95. The van der Waals surface area contributed by atoms with E-state index in [1.54, 1.807) is 0 Å². The van der Waals surface area contributed by atoms with Gasteiger partial charge in [0.2, 0.25) is 5.91 Å². The Bertz CT molecular complexity index is 858. The van der Waals surface area contributed by atoms with E-state index in [1.807, 2.05) is 0 Å². The highest BCUT2D eigenvalue weighted by atomic mass is 32.2. The molecule has 1 atom stereocenters. The Morgan fingerprint density at radius 1 is 1.21 bits per heavy atom. The maximum absolute atomic E-state index is 13.8. The van der Waals surface area contributed by atoms with Crippen LogP contribution in [0.2, 0.25) is 0 Å². The lowest BCUT2D eigenvalue weighted by Crippen LogP contribution is -2.56. The quantitative estimate of drug-likeness (QED) is 0.825. The lowest BCUT2D eigenvalue weighted by atomic mass is 9.60. The number of hydrogen-bond acceptors (Lipinski definition) is 4. The Kier molecular flexibility index (Phi) is 5.20. The second kappa shape index (κ2) is 7.37. The van der Waals surface area contributed by atoms with Gasteiger partial charge in [-0.15, -0.1) is 0 Å². The van der Waals surface area contributed by atoms with Crippen molar-refractivity contribution in [2.75, 3.05) is 18.8 Å². The number of likely N-dealkylation sites (tertiary alicyclic amines) is 1. The van der Waals surface area contributed by atoms with Crippen molar-refractivity contribution >= 4 is 15.7 Å². The number of hydrogen-bond donors (Lipinski definition) is 1. The van der Waals surface area contributed by atoms with Crippen molar-refractivity contribution in [3.8, 4) is 0 Å². The van der Waals surface area contributed by atoms with E-state index >= 15 is 0 Å². The second-order valence-electron chi connectivity index (χ2n) is 8.62. The average Bonchev–Trinajstić information content (AvgIpc) is 2.97. The van der Waals surface area contributed by atoms with Gasteiger partial charge in [0.25, 0.3) is 0 Å². The lowest BCUT2D eigenvalue weighted by molar-refractivity contribution is -0.123. The molecule has 0 aromatic heterocycles. The average molecular weight is 413 g/mol. The first kappa shape index (κ1) is 19.8. The number of piperidine rings is 1. The van der Waals surface area contributed by atoms with Crippen LogP contribution in [0.1, 0.15) is 44.1 Å². The van der Waals surface area contributed by atoms with Crippen molar-refractivity contribution in [3.05, 3.63) is 35.4 Å². The predicted octanol–water partition coefficient (Wildman–Crippen LogP) is 2.40. The molecule has 154 valence electrons. The summed E-state index contributed by atoms with van der Waals surface area (Å²) in [7, 11) is -3.27. The third-order valence-corrected chi connectivity index (χ3v) is 8.83. The predicted molar refractivity (Wildman–Crippen MR) is 101 cm³/mol. The molecule has 1 spiro atoms. The largest absolute Gasteiger partial charge is 0.352 e. The first-order chi connectivity index (χ1) is 13.3. The molecule has 2 heterocycles. The zero-order chi connectivity index (χ0) is 19.9. The van der Waals surface area contributed by atoms with E-state index in [-0.39, 0.29) is 23.1 Å². The fraction of sp³-hybridized carbons (Fsp3) is 0.650. The molecule has 8 heteroatoms. The summed E-state index contributed by atoms with van der Waals surface area (Å²) in [6.45, 7) is 2.16. The first-order valence-corrected chi connectivity index (χ1v) is 11.7. The lowest BCUT2D eigenvalue weighted by Gasteiger charge is -2.52. The van der Waals surface area contributed by atoms with E-state index < -0.39 is 26.7 Å². The van der Waals surface area contributed by atoms with Crippen LogP contribution in [0.5, 0.6) is 0 Å². The minimum absolute atomic E-state index is 0.0596. The fourth-order valence-corrected chi connectivity index (χ4v) is 6.73. The van der Waals surface area contributed by atoms with E-state index in [0.717, 1.165) is 44.8 Å². The van der Waals surface area contributed by atoms with Gasteiger partial charge in [-0.3, -0.25) is 9.69 Å². The molecule has 2 aliphatic heterocycles. The van der Waals surface area contributed by atoms with Crippen LogP contribution in [-0.4, -0.2) is 49.4 Å². The summed E-state index contributed by atoms with van der Waals surface area (Å²) < 4.78 is 50.7. The monoisotopic (exact) mass is 412 g/mol. The van der Waals surface area contributed by atoms with Gasteiger partial charge >= 0.3 is 0 Å². The Labute approximate surface area is 164 Å². The molecule has 1 unspecified atom stereocenters. The highest BCUT2D eigenvalue weighted by Gasteiger charge is 2.47. The molecule has 5 nitrogen and oxygen atoms in total. The Morgan fingerprint density at radius 3 is 2.54 bits per heavy atom. The maximum atomic E-state index is 13.8. The van der Waals surface area contributed by atoms with Crippen molar-refractivity contribution in [3.63, 3.8) is 0 Å². The molecule has 1 aromatic rings. The van der Waals surface area contributed by atoms with Crippen LogP contribution in [0.4, 0.5) is 8.78 Å². The molecule has 1 amide bonds. The van der Waals surface area contributed by atoms with E-state index in [1.165, 1.54) is 12.1 Å². The van der Waals surface area contributed by atoms with Gasteiger partial charge in [0.1, 0.15) is 16.9 Å². The Morgan fingerprint density at radius 2 is 1.93 bits per heavy atom. The number of amides is 1. The summed E-state index contributed by atoms with van der Waals surface area (Å²) in [5.74, 6) is -1.29. The molecule has 3 fully saturated rings. The molecule has 2 saturated heterocycles. The van der Waals surface area contributed by atoms with Gasteiger partial charge in [0.15, 0.2) is 9.84 Å². The minimum Gasteiger partial charge on any atom is -0.352 e. The number of benzene rings is 1. The molecule has 1 saturated carbocycles. The summed E-state index contributed by atoms with van der Waals surface area (Å²) in [4.78, 5) is 14.5. The summed E-state index contributed by atoms with van der Waals surface area (Å²) in [5.41, 5.74) is 0.707. The van der Waals surface area contributed by atoms with Crippen molar-refractivity contribution < 1.29 is 22.0 Å². The molecule has 0 bridgehead atoms. The molecular formula is C20H26F2N2O3S. The van der Waals surface area contributed by atoms with Crippen LogP contribution in [0.15, 0.2) is 18.2 Å². The van der Waals surface area contributed by atoms with Crippen LogP contribution < -0.4 is 5.32 Å². The third kappa shape index (κ3) is 3.94. The Hall–Kier alpha value is -1.54. The highest BCUT2D eigenvalue weighted by molar-refractivity contribution is 7.93. The minimum atomic E-state index is -3.27. The summed E-state index contributed by atoms with van der Waals surface area (Å²) in [6, 6.07) is 3.77. The number of carbonyl (C=O) groups excluding carboxylic acids is 1. The number of sulfone groups is 1. The Balaban J connectivity index is 1.24. The van der Waals surface area contributed by atoms with Gasteiger partial charge in [0, 0.05) is 24.2 Å². The van der Waals surface area contributed by atoms with Crippen LogP contribution in [0.25, 0.3) is 0 Å². The van der Waals surface area contributed by atoms with Crippen LogP contribution in [-0.2, 0) is 21.2 Å². The molecular weight excluding hydrogens is 386 g/mol. The molecule has 28 heavy (non-hydrogen) atoms. The second-order valence-corrected chi connectivity index (χ2v) is 10.9. The number of rotatable bonds is 4. The molecule has 3 aliphatic rings. The van der Waals surface area contributed by atoms with E-state index in [9.17, 15) is 22.0 Å². The SMILES string of the molecule is O=C(NC1CC2(CCN(Cc3ccc(F)cc3F)CC2)C1)C1CCCS1(=O)=O. The molecule has 4 rings (SSSR count).